The highest BCUT2D eigenvalue weighted by Gasteiger charge is 2.18. The third-order valence-corrected chi connectivity index (χ3v) is 10.4. The zero-order valence-electron chi connectivity index (χ0n) is 31.0. The first-order chi connectivity index (χ1) is 26.6. The molecule has 0 spiro atoms. The molecule has 2 heteroatoms. The molecule has 1 aliphatic rings. The molecule has 0 unspecified atom stereocenters. The van der Waals surface area contributed by atoms with Crippen LogP contribution in [0.5, 0.6) is 0 Å². The molecule has 0 aliphatic heterocycles. The predicted molar refractivity (Wildman–Crippen MR) is 234 cm³/mol. The molecule has 54 heavy (non-hydrogen) atoms. The predicted octanol–water partition coefficient (Wildman–Crippen LogP) is 14.3. The molecule has 1 aliphatic carbocycles. The molecule has 262 valence electrons. The lowest BCUT2D eigenvalue weighted by Gasteiger charge is -2.27. The summed E-state index contributed by atoms with van der Waals surface area (Å²) in [6, 6.07) is 50.8. The van der Waals surface area contributed by atoms with E-state index in [2.05, 4.69) is 206 Å². The second-order valence-corrected chi connectivity index (χ2v) is 13.7. The van der Waals surface area contributed by atoms with Crippen molar-refractivity contribution in [1.29, 1.82) is 0 Å². The first-order valence-electron chi connectivity index (χ1n) is 18.8. The van der Waals surface area contributed by atoms with Gasteiger partial charge in [-0.05, 0) is 120 Å². The number of aromatic nitrogens is 1. The molecule has 6 aromatic carbocycles. The van der Waals surface area contributed by atoms with Crippen LogP contribution in [0.25, 0.3) is 49.8 Å². The zero-order valence-corrected chi connectivity index (χ0v) is 31.0. The summed E-state index contributed by atoms with van der Waals surface area (Å²) in [4.78, 5) is 2.32. The largest absolute Gasteiger partial charge is 0.316 e. The van der Waals surface area contributed by atoms with Crippen molar-refractivity contribution in [3.63, 3.8) is 0 Å². The van der Waals surface area contributed by atoms with Crippen LogP contribution in [0.3, 0.4) is 0 Å². The molecule has 1 aromatic heterocycles. The van der Waals surface area contributed by atoms with Crippen molar-refractivity contribution in [3.05, 3.63) is 223 Å². The summed E-state index contributed by atoms with van der Waals surface area (Å²) in [7, 11) is 0. The summed E-state index contributed by atoms with van der Waals surface area (Å²) in [5, 5.41) is 2.50. The summed E-state index contributed by atoms with van der Waals surface area (Å²) in [5.74, 6) is 0. The highest BCUT2D eigenvalue weighted by atomic mass is 15.1. The van der Waals surface area contributed by atoms with Crippen LogP contribution >= 0.6 is 0 Å². The van der Waals surface area contributed by atoms with Crippen LogP contribution < -0.4 is 4.90 Å². The second kappa shape index (κ2) is 15.5. The average molecular weight is 697 g/mol. The highest BCUT2D eigenvalue weighted by Crippen LogP contribution is 2.40. The van der Waals surface area contributed by atoms with Gasteiger partial charge in [0.25, 0.3) is 0 Å². The van der Waals surface area contributed by atoms with Gasteiger partial charge in [0.2, 0.25) is 0 Å². The van der Waals surface area contributed by atoms with E-state index in [0.29, 0.717) is 0 Å². The number of para-hydroxylation sites is 3. The normalized spacial score (nSPS) is 13.3. The Morgan fingerprint density at radius 1 is 0.667 bits per heavy atom. The molecule has 2 nitrogen and oxygen atoms in total. The van der Waals surface area contributed by atoms with Crippen molar-refractivity contribution in [2.75, 3.05) is 4.90 Å². The third kappa shape index (κ3) is 6.71. The van der Waals surface area contributed by atoms with Gasteiger partial charge in [0.1, 0.15) is 0 Å². The molecule has 1 heterocycles. The molecule has 0 fully saturated rings. The summed E-state index contributed by atoms with van der Waals surface area (Å²) >= 11 is 0. The van der Waals surface area contributed by atoms with Crippen molar-refractivity contribution >= 4 is 44.3 Å². The Labute approximate surface area is 319 Å². The Hall–Kier alpha value is -6.64. The first-order valence-corrected chi connectivity index (χ1v) is 18.8. The number of fused-ring (bicyclic) bond motifs is 3. The number of allylic oxidation sites excluding steroid dienone is 9. The van der Waals surface area contributed by atoms with Gasteiger partial charge in [-0.3, -0.25) is 0 Å². The van der Waals surface area contributed by atoms with Crippen LogP contribution in [0, 0.1) is 6.92 Å². The minimum absolute atomic E-state index is 1.09. The lowest BCUT2D eigenvalue weighted by Crippen LogP contribution is -2.12. The molecule has 0 saturated carbocycles. The molecule has 7 aromatic rings. The summed E-state index contributed by atoms with van der Waals surface area (Å²) in [6.45, 7) is 8.22. The minimum atomic E-state index is 1.09. The fraction of sp³-hybridized carbons (Fsp3) is 0.0769. The maximum absolute atomic E-state index is 3.87. The highest BCUT2D eigenvalue weighted by molar-refractivity contribution is 6.10. The Morgan fingerprint density at radius 2 is 1.39 bits per heavy atom. The van der Waals surface area contributed by atoms with Crippen molar-refractivity contribution in [1.82, 2.24) is 4.57 Å². The third-order valence-electron chi connectivity index (χ3n) is 10.4. The Kier molecular flexibility index (Phi) is 9.91. The van der Waals surface area contributed by atoms with Gasteiger partial charge in [0.05, 0.1) is 16.7 Å². The van der Waals surface area contributed by atoms with Gasteiger partial charge in [-0.15, -0.1) is 0 Å². The number of rotatable bonds is 10. The van der Waals surface area contributed by atoms with Crippen LogP contribution in [0.4, 0.5) is 11.4 Å². The van der Waals surface area contributed by atoms with E-state index in [0.717, 1.165) is 24.2 Å². The fourth-order valence-corrected chi connectivity index (χ4v) is 7.78. The maximum atomic E-state index is 3.87. The molecule has 0 saturated heterocycles. The van der Waals surface area contributed by atoms with Crippen LogP contribution in [-0.2, 0) is 0 Å². The topological polar surface area (TPSA) is 8.17 Å². The average Bonchev–Trinajstić information content (AvgIpc) is 3.56. The van der Waals surface area contributed by atoms with Gasteiger partial charge in [-0.2, -0.15) is 0 Å². The lowest BCUT2D eigenvalue weighted by atomic mass is 9.92. The van der Waals surface area contributed by atoms with Crippen molar-refractivity contribution < 1.29 is 0 Å². The Balaban J connectivity index is 1.18. The van der Waals surface area contributed by atoms with E-state index in [-0.39, 0.29) is 0 Å². The Bertz CT molecular complexity index is 2620. The van der Waals surface area contributed by atoms with Gasteiger partial charge in [0, 0.05) is 33.9 Å². The van der Waals surface area contributed by atoms with E-state index >= 15 is 0 Å². The summed E-state index contributed by atoms with van der Waals surface area (Å²) in [5.41, 5.74) is 15.7. The number of hydrogen-bond donors (Lipinski definition) is 0. The summed E-state index contributed by atoms with van der Waals surface area (Å²) in [6.07, 6.45) is 21.1. The van der Waals surface area contributed by atoms with Gasteiger partial charge >= 0.3 is 0 Å². The van der Waals surface area contributed by atoms with Crippen molar-refractivity contribution in [2.45, 2.75) is 26.7 Å². The van der Waals surface area contributed by atoms with Gasteiger partial charge in [-0.1, -0.05) is 140 Å². The van der Waals surface area contributed by atoms with Crippen LogP contribution in [-0.4, -0.2) is 4.57 Å². The number of aryl methyl sites for hydroxylation is 1. The van der Waals surface area contributed by atoms with E-state index in [1.165, 1.54) is 72.0 Å². The Morgan fingerprint density at radius 3 is 2.17 bits per heavy atom. The van der Waals surface area contributed by atoms with Gasteiger partial charge < -0.3 is 9.47 Å². The number of anilines is 2. The lowest BCUT2D eigenvalue weighted by molar-refractivity contribution is 1.05. The van der Waals surface area contributed by atoms with Crippen LogP contribution in [0.2, 0.25) is 0 Å². The summed E-state index contributed by atoms with van der Waals surface area (Å²) < 4.78 is 2.37. The standard InChI is InChI=1S/C52H44N2/c1-4-6-7-18-35-53(50-25-16-14-23-46(50)45(5-2)41-29-27-40(28-30-41)39-19-10-8-11-20-39)49-33-31-42(36-38(49)3)43-32-34-52-48(37-43)47-24-15-17-26-51(47)54(52)44-21-12-9-13-22-44/h4-10,12-19,21-37H,1,11,20H2,2-3H3/b7-6-,35-18-,45-5-. The number of benzene rings is 6. The quantitative estimate of drug-likeness (QED) is 0.129. The molecular formula is C52H44N2. The molecule has 0 radical (unpaired) electrons. The van der Waals surface area contributed by atoms with Crippen LogP contribution in [0.1, 0.15) is 42.0 Å². The number of nitrogens with zero attached hydrogens (tertiary/aromatic N) is 2. The fourth-order valence-electron chi connectivity index (χ4n) is 7.78. The number of hydrogen-bond acceptors (Lipinski definition) is 1. The van der Waals surface area contributed by atoms with Gasteiger partial charge in [-0.25, -0.2) is 0 Å². The van der Waals surface area contributed by atoms with Crippen LogP contribution in [0.15, 0.2) is 201 Å². The van der Waals surface area contributed by atoms with E-state index < -0.39 is 0 Å². The minimum Gasteiger partial charge on any atom is -0.316 e. The van der Waals surface area contributed by atoms with Crippen molar-refractivity contribution in [2.24, 2.45) is 0 Å². The smallest absolute Gasteiger partial charge is 0.0541 e. The monoisotopic (exact) mass is 696 g/mol. The SMILES string of the molecule is C=C/C=C\C=C/N(c1ccc(-c2ccc3c(c2)c2ccccc2n3-c2ccccc2)cc1C)c1ccccc1/C(=C\C)c1ccc(C2=CC=CCC2)cc1. The second-order valence-electron chi connectivity index (χ2n) is 13.7. The van der Waals surface area contributed by atoms with E-state index in [1.54, 1.807) is 6.08 Å². The molecule has 0 amide bonds. The first kappa shape index (κ1) is 34.4. The van der Waals surface area contributed by atoms with Crippen molar-refractivity contribution in [3.8, 4) is 16.8 Å². The van der Waals surface area contributed by atoms with E-state index in [9.17, 15) is 0 Å². The zero-order chi connectivity index (χ0) is 36.9. The molecule has 0 bridgehead atoms. The van der Waals surface area contributed by atoms with E-state index in [4.69, 9.17) is 0 Å². The molecule has 8 rings (SSSR count). The van der Waals surface area contributed by atoms with E-state index in [1.807, 2.05) is 12.2 Å². The molecular weight excluding hydrogens is 653 g/mol. The van der Waals surface area contributed by atoms with Gasteiger partial charge in [0.15, 0.2) is 0 Å². The molecule has 0 N–H and O–H groups in total. The maximum Gasteiger partial charge on any atom is 0.0541 e. The molecule has 0 atom stereocenters.